The fourth-order valence-electron chi connectivity index (χ4n) is 2.97. The molecule has 1 fully saturated rings. The first-order valence-corrected chi connectivity index (χ1v) is 7.58. The minimum atomic E-state index is 0.193. The normalized spacial score (nSPS) is 18.6. The number of ether oxygens (including phenoxy) is 1. The maximum atomic E-state index is 5.81. The van der Waals surface area contributed by atoms with Gasteiger partial charge in [0.2, 0.25) is 0 Å². The number of benzene rings is 1. The van der Waals surface area contributed by atoms with Gasteiger partial charge in [-0.25, -0.2) is 4.98 Å². The Morgan fingerprint density at radius 1 is 1.27 bits per heavy atom. The van der Waals surface area contributed by atoms with Crippen LogP contribution in [0.3, 0.4) is 0 Å². The highest BCUT2D eigenvalue weighted by Gasteiger charge is 2.17. The first-order valence-electron chi connectivity index (χ1n) is 7.58. The lowest BCUT2D eigenvalue weighted by molar-refractivity contribution is 0.0185. The van der Waals surface area contributed by atoms with Gasteiger partial charge in [-0.15, -0.1) is 0 Å². The van der Waals surface area contributed by atoms with E-state index in [0.717, 1.165) is 43.0 Å². The van der Waals surface area contributed by atoms with Gasteiger partial charge in [0.1, 0.15) is 5.82 Å². The standard InChI is InChI=1S/C17H18N4O/c1-2-13-10-18-5-4-15(13)16(3-1)17-20-6-8-21(17)12-14-11-19-7-9-22-14/h1-6,8,10,14,19H,7,9,11-12H2. The summed E-state index contributed by atoms with van der Waals surface area (Å²) in [6.07, 6.45) is 7.78. The number of pyridine rings is 1. The van der Waals surface area contributed by atoms with Crippen molar-refractivity contribution in [1.29, 1.82) is 0 Å². The molecule has 22 heavy (non-hydrogen) atoms. The first kappa shape index (κ1) is 13.4. The van der Waals surface area contributed by atoms with Crippen LogP contribution >= 0.6 is 0 Å². The fraction of sp³-hybridized carbons (Fsp3) is 0.294. The van der Waals surface area contributed by atoms with Crippen LogP contribution in [0.5, 0.6) is 0 Å². The molecule has 0 bridgehead atoms. The third-order valence-corrected chi connectivity index (χ3v) is 4.04. The second kappa shape index (κ2) is 5.87. The summed E-state index contributed by atoms with van der Waals surface area (Å²) < 4.78 is 7.98. The number of fused-ring (bicyclic) bond motifs is 1. The van der Waals surface area contributed by atoms with Gasteiger partial charge in [-0.1, -0.05) is 18.2 Å². The molecule has 0 amide bonds. The van der Waals surface area contributed by atoms with E-state index in [4.69, 9.17) is 4.74 Å². The van der Waals surface area contributed by atoms with Crippen LogP contribution in [0.25, 0.3) is 22.2 Å². The number of hydrogen-bond donors (Lipinski definition) is 1. The summed E-state index contributed by atoms with van der Waals surface area (Å²) in [4.78, 5) is 8.76. The summed E-state index contributed by atoms with van der Waals surface area (Å²) in [5, 5.41) is 5.67. The Kier molecular flexibility index (Phi) is 3.58. The van der Waals surface area contributed by atoms with Crippen LogP contribution in [-0.4, -0.2) is 40.3 Å². The zero-order valence-corrected chi connectivity index (χ0v) is 12.3. The molecule has 0 radical (unpaired) electrons. The van der Waals surface area contributed by atoms with E-state index in [1.165, 1.54) is 5.39 Å². The van der Waals surface area contributed by atoms with Crippen molar-refractivity contribution in [3.63, 3.8) is 0 Å². The lowest BCUT2D eigenvalue weighted by atomic mass is 10.1. The maximum absolute atomic E-state index is 5.81. The zero-order chi connectivity index (χ0) is 14.8. The number of hydrogen-bond acceptors (Lipinski definition) is 4. The van der Waals surface area contributed by atoms with Crippen LogP contribution in [0.15, 0.2) is 49.1 Å². The summed E-state index contributed by atoms with van der Waals surface area (Å²) in [5.74, 6) is 0.978. The molecule has 1 atom stereocenters. The predicted octanol–water partition coefficient (Wildman–Crippen LogP) is 2.09. The molecular formula is C17H18N4O. The molecule has 1 aliphatic heterocycles. The lowest BCUT2D eigenvalue weighted by Gasteiger charge is -2.24. The molecule has 1 N–H and O–H groups in total. The van der Waals surface area contributed by atoms with Gasteiger partial charge in [-0.3, -0.25) is 4.98 Å². The van der Waals surface area contributed by atoms with Gasteiger partial charge in [0.25, 0.3) is 0 Å². The smallest absolute Gasteiger partial charge is 0.140 e. The highest BCUT2D eigenvalue weighted by Crippen LogP contribution is 2.27. The Balaban J connectivity index is 1.71. The van der Waals surface area contributed by atoms with Gasteiger partial charge in [-0.2, -0.15) is 0 Å². The van der Waals surface area contributed by atoms with Gasteiger partial charge in [-0.05, 0) is 11.5 Å². The Bertz CT molecular complexity index is 772. The quantitative estimate of drug-likeness (QED) is 0.803. The average Bonchev–Trinajstić information content (AvgIpc) is 3.03. The van der Waals surface area contributed by atoms with Crippen molar-refractivity contribution < 1.29 is 4.74 Å². The SMILES string of the molecule is c1cc(-c2nccn2CC2CNCCO2)c2ccncc2c1. The van der Waals surface area contributed by atoms with Gasteiger partial charge in [0.15, 0.2) is 0 Å². The van der Waals surface area contributed by atoms with Crippen molar-refractivity contribution in [1.82, 2.24) is 19.9 Å². The lowest BCUT2D eigenvalue weighted by Crippen LogP contribution is -2.40. The minimum absolute atomic E-state index is 0.193. The number of imidazole rings is 1. The molecule has 0 aliphatic carbocycles. The Labute approximate surface area is 129 Å². The molecule has 5 heteroatoms. The van der Waals surface area contributed by atoms with E-state index in [0.29, 0.717) is 0 Å². The Hall–Kier alpha value is -2.24. The third-order valence-electron chi connectivity index (χ3n) is 4.04. The summed E-state index contributed by atoms with van der Waals surface area (Å²) >= 11 is 0. The third kappa shape index (κ3) is 2.49. The highest BCUT2D eigenvalue weighted by molar-refractivity contribution is 5.94. The molecular weight excluding hydrogens is 276 g/mol. The van der Waals surface area contributed by atoms with Crippen molar-refractivity contribution in [2.75, 3.05) is 19.7 Å². The Morgan fingerprint density at radius 3 is 3.18 bits per heavy atom. The summed E-state index contributed by atoms with van der Waals surface area (Å²) in [6, 6.07) is 8.29. The van der Waals surface area contributed by atoms with Crippen molar-refractivity contribution in [2.24, 2.45) is 0 Å². The molecule has 4 rings (SSSR count). The molecule has 5 nitrogen and oxygen atoms in total. The maximum Gasteiger partial charge on any atom is 0.140 e. The zero-order valence-electron chi connectivity index (χ0n) is 12.3. The number of morpholine rings is 1. The van der Waals surface area contributed by atoms with E-state index >= 15 is 0 Å². The van der Waals surface area contributed by atoms with Crippen LogP contribution < -0.4 is 5.32 Å². The van der Waals surface area contributed by atoms with E-state index in [2.05, 4.69) is 38.1 Å². The molecule has 1 aromatic carbocycles. The van der Waals surface area contributed by atoms with E-state index in [1.54, 1.807) is 0 Å². The van der Waals surface area contributed by atoms with Gasteiger partial charge in [0, 0.05) is 48.8 Å². The van der Waals surface area contributed by atoms with Gasteiger partial charge >= 0.3 is 0 Å². The van der Waals surface area contributed by atoms with Crippen LogP contribution in [-0.2, 0) is 11.3 Å². The van der Waals surface area contributed by atoms with E-state index in [1.807, 2.05) is 30.9 Å². The monoisotopic (exact) mass is 294 g/mol. The van der Waals surface area contributed by atoms with E-state index < -0.39 is 0 Å². The second-order valence-corrected chi connectivity index (χ2v) is 5.50. The van der Waals surface area contributed by atoms with Crippen LogP contribution in [0, 0.1) is 0 Å². The molecule has 1 unspecified atom stereocenters. The van der Waals surface area contributed by atoms with Crippen LogP contribution in [0.1, 0.15) is 0 Å². The van der Waals surface area contributed by atoms with Crippen molar-refractivity contribution >= 4 is 10.8 Å². The number of rotatable bonds is 3. The molecule has 2 aromatic heterocycles. The predicted molar refractivity (Wildman–Crippen MR) is 85.6 cm³/mol. The summed E-state index contributed by atoms with van der Waals surface area (Å²) in [6.45, 7) is 3.40. The topological polar surface area (TPSA) is 52.0 Å². The molecule has 1 saturated heterocycles. The Morgan fingerprint density at radius 2 is 2.27 bits per heavy atom. The van der Waals surface area contributed by atoms with Crippen molar-refractivity contribution in [3.8, 4) is 11.4 Å². The number of nitrogens with zero attached hydrogens (tertiary/aromatic N) is 3. The van der Waals surface area contributed by atoms with Gasteiger partial charge in [0.05, 0.1) is 19.3 Å². The molecule has 3 heterocycles. The largest absolute Gasteiger partial charge is 0.374 e. The molecule has 1 aliphatic rings. The molecule has 3 aromatic rings. The van der Waals surface area contributed by atoms with Crippen molar-refractivity contribution in [3.05, 3.63) is 49.1 Å². The average molecular weight is 294 g/mol. The molecule has 112 valence electrons. The fourth-order valence-corrected chi connectivity index (χ4v) is 2.97. The second-order valence-electron chi connectivity index (χ2n) is 5.50. The van der Waals surface area contributed by atoms with E-state index in [9.17, 15) is 0 Å². The van der Waals surface area contributed by atoms with Crippen LogP contribution in [0.2, 0.25) is 0 Å². The molecule has 0 saturated carbocycles. The minimum Gasteiger partial charge on any atom is -0.374 e. The van der Waals surface area contributed by atoms with Gasteiger partial charge < -0.3 is 14.6 Å². The van der Waals surface area contributed by atoms with E-state index in [-0.39, 0.29) is 6.10 Å². The summed E-state index contributed by atoms with van der Waals surface area (Å²) in [7, 11) is 0. The number of aromatic nitrogens is 3. The van der Waals surface area contributed by atoms with Crippen molar-refractivity contribution in [2.45, 2.75) is 12.6 Å². The highest BCUT2D eigenvalue weighted by atomic mass is 16.5. The number of nitrogens with one attached hydrogen (secondary N) is 1. The summed E-state index contributed by atoms with van der Waals surface area (Å²) in [5.41, 5.74) is 1.13. The first-order chi connectivity index (χ1) is 10.9. The van der Waals surface area contributed by atoms with Crippen LogP contribution in [0.4, 0.5) is 0 Å². The molecule has 0 spiro atoms.